The Bertz CT molecular complexity index is 1590. The Morgan fingerprint density at radius 2 is 1.60 bits per heavy atom. The van der Waals surface area contributed by atoms with Gasteiger partial charge < -0.3 is 24.4 Å². The number of aromatic nitrogens is 3. The predicted octanol–water partition coefficient (Wildman–Crippen LogP) is 6.76. The first-order valence-electron chi connectivity index (χ1n) is 14.2. The van der Waals surface area contributed by atoms with E-state index in [1.807, 2.05) is 35.2 Å². The van der Waals surface area contributed by atoms with E-state index in [1.54, 1.807) is 72.6 Å². The zero-order valence-electron chi connectivity index (χ0n) is 26.1. The van der Waals surface area contributed by atoms with E-state index in [0.29, 0.717) is 52.6 Å². The van der Waals surface area contributed by atoms with Gasteiger partial charge in [0.1, 0.15) is 22.9 Å². The van der Waals surface area contributed by atoms with Crippen LogP contribution in [0.25, 0.3) is 22.3 Å². The van der Waals surface area contributed by atoms with Crippen molar-refractivity contribution in [1.29, 1.82) is 0 Å². The minimum Gasteiger partial charge on any atom is -0.497 e. The summed E-state index contributed by atoms with van der Waals surface area (Å²) in [5.74, 6) is 1.56. The molecule has 2 aromatic carbocycles. The summed E-state index contributed by atoms with van der Waals surface area (Å²) < 4.78 is 54.3. The summed E-state index contributed by atoms with van der Waals surface area (Å²) in [5, 5.41) is 2.45. The van der Waals surface area contributed by atoms with Crippen LogP contribution in [0, 0.1) is 0 Å². The van der Waals surface area contributed by atoms with Crippen molar-refractivity contribution in [3.8, 4) is 22.8 Å². The van der Waals surface area contributed by atoms with Crippen LogP contribution in [0.4, 0.5) is 35.2 Å². The van der Waals surface area contributed by atoms with Crippen LogP contribution in [-0.2, 0) is 4.74 Å². The first-order chi connectivity index (χ1) is 21.3. The van der Waals surface area contributed by atoms with Crippen LogP contribution in [0.1, 0.15) is 27.2 Å². The van der Waals surface area contributed by atoms with Crippen molar-refractivity contribution < 1.29 is 32.2 Å². The number of nitrogens with one attached hydrogen (secondary N) is 1. The number of anilines is 3. The van der Waals surface area contributed by atoms with Gasteiger partial charge in [0, 0.05) is 54.9 Å². The number of ether oxygens (including phenoxy) is 3. The predicted molar refractivity (Wildman–Crippen MR) is 167 cm³/mol. The van der Waals surface area contributed by atoms with Crippen LogP contribution in [-0.4, -0.2) is 73.7 Å². The molecule has 1 N–H and O–H groups in total. The second-order valence-corrected chi connectivity index (χ2v) is 11.2. The molecule has 240 valence electrons. The molecule has 2 aromatic heterocycles. The van der Waals surface area contributed by atoms with Gasteiger partial charge in [0.05, 0.1) is 43.7 Å². The van der Waals surface area contributed by atoms with Crippen LogP contribution < -0.4 is 24.6 Å². The minimum atomic E-state index is -4.28. The Morgan fingerprint density at radius 1 is 0.889 bits per heavy atom. The highest BCUT2D eigenvalue weighted by molar-refractivity contribution is 5.86. The maximum atomic E-state index is 12.6. The van der Waals surface area contributed by atoms with E-state index in [9.17, 15) is 18.0 Å². The van der Waals surface area contributed by atoms with E-state index in [1.165, 1.54) is 4.90 Å². The topological polar surface area (TPSA) is 102 Å². The van der Waals surface area contributed by atoms with Crippen LogP contribution >= 0.6 is 0 Å². The van der Waals surface area contributed by atoms with Gasteiger partial charge in [-0.15, -0.1) is 0 Å². The van der Waals surface area contributed by atoms with Crippen LogP contribution in [0.3, 0.4) is 0 Å². The number of nitrogens with zero attached hydrogens (tertiary/aromatic N) is 5. The quantitative estimate of drug-likeness (QED) is 0.181. The number of methoxy groups -OCH3 is 2. The highest BCUT2D eigenvalue weighted by atomic mass is 19.4. The molecule has 0 aliphatic rings. The van der Waals surface area contributed by atoms with Gasteiger partial charge in [-0.25, -0.2) is 14.8 Å². The normalized spacial score (nSPS) is 11.8. The number of pyridine rings is 1. The number of carbonyl (C=O) groups excluding carboxylic acids is 1. The highest BCUT2D eigenvalue weighted by Crippen LogP contribution is 2.34. The SMILES string of the molecule is COc1cc(OC)cc(N(CCCNCC(F)(F)F)c2ccc3ncc(-c4ccc(N(C)C(=O)OC(C)(C)C)nc4)nc3c2)c1. The van der Waals surface area contributed by atoms with Crippen molar-refractivity contribution in [2.45, 2.75) is 39.0 Å². The van der Waals surface area contributed by atoms with Crippen molar-refractivity contribution in [2.24, 2.45) is 0 Å². The third-order valence-corrected chi connectivity index (χ3v) is 6.60. The molecular weight excluding hydrogens is 589 g/mol. The summed E-state index contributed by atoms with van der Waals surface area (Å²) in [7, 11) is 4.69. The Morgan fingerprint density at radius 3 is 2.20 bits per heavy atom. The highest BCUT2D eigenvalue weighted by Gasteiger charge is 2.26. The number of amides is 1. The Labute approximate surface area is 260 Å². The lowest BCUT2D eigenvalue weighted by Crippen LogP contribution is -2.34. The van der Waals surface area contributed by atoms with Crippen molar-refractivity contribution in [3.05, 3.63) is 60.9 Å². The number of hydrogen-bond acceptors (Lipinski definition) is 9. The number of carbonyl (C=O) groups is 1. The molecular formula is C32H37F3N6O4. The van der Waals surface area contributed by atoms with Crippen LogP contribution in [0.15, 0.2) is 60.9 Å². The summed E-state index contributed by atoms with van der Waals surface area (Å²) in [6, 6.07) is 14.5. The molecule has 4 rings (SSSR count). The van der Waals surface area contributed by atoms with Crippen molar-refractivity contribution >= 4 is 34.3 Å². The first-order valence-corrected chi connectivity index (χ1v) is 14.2. The van der Waals surface area contributed by atoms with Gasteiger partial charge in [0.25, 0.3) is 0 Å². The molecule has 0 radical (unpaired) electrons. The number of hydrogen-bond donors (Lipinski definition) is 1. The third-order valence-electron chi connectivity index (χ3n) is 6.60. The zero-order valence-corrected chi connectivity index (χ0v) is 26.1. The Kier molecular flexibility index (Phi) is 10.3. The molecule has 0 saturated carbocycles. The maximum absolute atomic E-state index is 12.6. The van der Waals surface area contributed by atoms with Gasteiger partial charge in [-0.1, -0.05) is 0 Å². The van der Waals surface area contributed by atoms with Gasteiger partial charge in [0.2, 0.25) is 0 Å². The van der Waals surface area contributed by atoms with E-state index in [0.717, 1.165) is 11.4 Å². The van der Waals surface area contributed by atoms with Crippen LogP contribution in [0.5, 0.6) is 11.5 Å². The fraction of sp³-hybridized carbons (Fsp3) is 0.375. The van der Waals surface area contributed by atoms with E-state index in [4.69, 9.17) is 19.2 Å². The van der Waals surface area contributed by atoms with Crippen molar-refractivity contribution in [3.63, 3.8) is 0 Å². The average molecular weight is 627 g/mol. The lowest BCUT2D eigenvalue weighted by atomic mass is 10.1. The number of rotatable bonds is 11. The number of halogens is 3. The third kappa shape index (κ3) is 9.17. The maximum Gasteiger partial charge on any atom is 0.415 e. The van der Waals surface area contributed by atoms with E-state index < -0.39 is 24.4 Å². The second-order valence-electron chi connectivity index (χ2n) is 11.2. The smallest absolute Gasteiger partial charge is 0.415 e. The van der Waals surface area contributed by atoms with Crippen LogP contribution in [0.2, 0.25) is 0 Å². The largest absolute Gasteiger partial charge is 0.497 e. The molecule has 0 atom stereocenters. The lowest BCUT2D eigenvalue weighted by molar-refractivity contribution is -0.124. The lowest BCUT2D eigenvalue weighted by Gasteiger charge is -2.26. The second kappa shape index (κ2) is 14.0. The summed E-state index contributed by atoms with van der Waals surface area (Å²) >= 11 is 0. The Balaban J connectivity index is 1.62. The standard InChI is InChI=1S/C32H37F3N6O4/c1-31(2,3)45-30(42)40(4)29-11-8-21(18-38-29)28-19-37-26-10-9-22(16-27(26)39-28)41(13-7-12-36-20-32(33,34)35)23-14-24(43-5)17-25(15-23)44-6/h8-11,14-19,36H,7,12-13,20H2,1-6H3. The number of fused-ring (bicyclic) bond motifs is 1. The summed E-state index contributed by atoms with van der Waals surface area (Å²) in [6.07, 6.45) is -1.12. The number of benzene rings is 2. The molecule has 2 heterocycles. The van der Waals surface area contributed by atoms with Gasteiger partial charge >= 0.3 is 12.3 Å². The average Bonchev–Trinajstić information content (AvgIpc) is 3.00. The molecule has 0 spiro atoms. The monoisotopic (exact) mass is 626 g/mol. The zero-order chi connectivity index (χ0) is 32.8. The fourth-order valence-electron chi connectivity index (χ4n) is 4.41. The first kappa shape index (κ1) is 33.2. The number of alkyl halides is 3. The molecule has 4 aromatic rings. The molecule has 1 amide bonds. The molecule has 0 aliphatic carbocycles. The molecule has 13 heteroatoms. The van der Waals surface area contributed by atoms with Gasteiger partial charge in [-0.05, 0) is 64.1 Å². The van der Waals surface area contributed by atoms with E-state index in [2.05, 4.69) is 15.3 Å². The molecule has 0 unspecified atom stereocenters. The van der Waals surface area contributed by atoms with Gasteiger partial charge in [-0.3, -0.25) is 9.88 Å². The molecule has 0 saturated heterocycles. The Hall–Kier alpha value is -4.65. The van der Waals surface area contributed by atoms with E-state index >= 15 is 0 Å². The summed E-state index contributed by atoms with van der Waals surface area (Å²) in [4.78, 5) is 29.5. The molecule has 45 heavy (non-hydrogen) atoms. The summed E-state index contributed by atoms with van der Waals surface area (Å²) in [5.41, 5.74) is 3.39. The van der Waals surface area contributed by atoms with Crippen molar-refractivity contribution in [1.82, 2.24) is 20.3 Å². The fourth-order valence-corrected chi connectivity index (χ4v) is 4.41. The molecule has 0 bridgehead atoms. The van der Waals surface area contributed by atoms with Gasteiger partial charge in [0.15, 0.2) is 0 Å². The molecule has 10 nitrogen and oxygen atoms in total. The van der Waals surface area contributed by atoms with Crippen molar-refractivity contribution in [2.75, 3.05) is 50.7 Å². The minimum absolute atomic E-state index is 0.167. The van der Waals surface area contributed by atoms with Gasteiger partial charge in [-0.2, -0.15) is 13.2 Å². The molecule has 0 fully saturated rings. The summed E-state index contributed by atoms with van der Waals surface area (Å²) in [6.45, 7) is 4.89. The molecule has 0 aliphatic heterocycles. The van der Waals surface area contributed by atoms with E-state index in [-0.39, 0.29) is 6.54 Å².